The summed E-state index contributed by atoms with van der Waals surface area (Å²) < 4.78 is 11.1. The lowest BCUT2D eigenvalue weighted by atomic mass is 9.77. The van der Waals surface area contributed by atoms with Crippen molar-refractivity contribution in [3.63, 3.8) is 0 Å². The highest BCUT2D eigenvalue weighted by Gasteiger charge is 2.45. The smallest absolute Gasteiger partial charge is 0.314 e. The topological polar surface area (TPSA) is 55.8 Å². The Morgan fingerprint density at radius 3 is 2.24 bits per heavy atom. The van der Waals surface area contributed by atoms with Crippen molar-refractivity contribution in [1.82, 2.24) is 0 Å². The maximum Gasteiger partial charge on any atom is 0.314 e. The third kappa shape index (κ3) is 2.47. The Labute approximate surface area is 126 Å². The molecule has 1 aromatic carbocycles. The van der Waals surface area contributed by atoms with E-state index in [4.69, 9.17) is 9.47 Å². The van der Waals surface area contributed by atoms with Gasteiger partial charge in [0.05, 0.1) is 19.6 Å². The molecular weight excluding hydrogens is 268 g/mol. The first-order valence-electron chi connectivity index (χ1n) is 7.46. The van der Waals surface area contributed by atoms with Crippen LogP contribution < -0.4 is 9.47 Å². The summed E-state index contributed by atoms with van der Waals surface area (Å²) in [6.07, 6.45) is 3.22. The summed E-state index contributed by atoms with van der Waals surface area (Å²) in [4.78, 5) is 11.9. The number of methoxy groups -OCH3 is 2. The van der Waals surface area contributed by atoms with E-state index >= 15 is 0 Å². The number of carboxylic acid groups (broad SMARTS) is 1. The minimum Gasteiger partial charge on any atom is -0.496 e. The molecule has 116 valence electrons. The van der Waals surface area contributed by atoms with Gasteiger partial charge in [-0.3, -0.25) is 4.79 Å². The standard InChI is InChI=1S/C17H24O4/c1-11(2)14-13(20-3)8-7-12(15(14)21-4)17(16(18)19)9-5-6-10-17/h7-8,11H,5-6,9-10H2,1-4H3,(H,18,19). The van der Waals surface area contributed by atoms with E-state index in [1.54, 1.807) is 14.2 Å². The van der Waals surface area contributed by atoms with Gasteiger partial charge in [0.1, 0.15) is 11.5 Å². The zero-order valence-corrected chi connectivity index (χ0v) is 13.2. The first-order chi connectivity index (χ1) is 9.97. The van der Waals surface area contributed by atoms with Crippen molar-refractivity contribution in [2.75, 3.05) is 14.2 Å². The quantitative estimate of drug-likeness (QED) is 0.898. The van der Waals surface area contributed by atoms with E-state index in [-0.39, 0.29) is 5.92 Å². The molecule has 0 spiro atoms. The maximum absolute atomic E-state index is 11.9. The van der Waals surface area contributed by atoms with Gasteiger partial charge in [-0.25, -0.2) is 0 Å². The number of hydrogen-bond acceptors (Lipinski definition) is 3. The van der Waals surface area contributed by atoms with Crippen LogP contribution in [-0.4, -0.2) is 25.3 Å². The molecule has 0 bridgehead atoms. The summed E-state index contributed by atoms with van der Waals surface area (Å²) in [6.45, 7) is 4.12. The second-order valence-electron chi connectivity index (χ2n) is 6.01. The summed E-state index contributed by atoms with van der Waals surface area (Å²) in [7, 11) is 3.23. The molecule has 4 heteroatoms. The van der Waals surface area contributed by atoms with Gasteiger partial charge in [-0.05, 0) is 24.8 Å². The summed E-state index contributed by atoms with van der Waals surface area (Å²) in [5, 5.41) is 9.81. The van der Waals surface area contributed by atoms with Gasteiger partial charge in [-0.2, -0.15) is 0 Å². The molecule has 1 aliphatic carbocycles. The zero-order valence-electron chi connectivity index (χ0n) is 13.2. The van der Waals surface area contributed by atoms with Gasteiger partial charge in [-0.1, -0.05) is 32.8 Å². The largest absolute Gasteiger partial charge is 0.496 e. The van der Waals surface area contributed by atoms with Crippen molar-refractivity contribution in [2.24, 2.45) is 0 Å². The van der Waals surface area contributed by atoms with Crippen LogP contribution in [0.2, 0.25) is 0 Å². The lowest BCUT2D eigenvalue weighted by Gasteiger charge is -2.29. The van der Waals surface area contributed by atoms with E-state index in [9.17, 15) is 9.90 Å². The molecule has 1 aliphatic rings. The van der Waals surface area contributed by atoms with Crippen LogP contribution in [-0.2, 0) is 10.2 Å². The molecule has 0 aliphatic heterocycles. The Morgan fingerprint density at radius 1 is 1.19 bits per heavy atom. The van der Waals surface area contributed by atoms with Gasteiger partial charge in [-0.15, -0.1) is 0 Å². The molecule has 0 aromatic heterocycles. The van der Waals surface area contributed by atoms with E-state index in [0.717, 1.165) is 29.7 Å². The van der Waals surface area contributed by atoms with Gasteiger partial charge in [0.15, 0.2) is 0 Å². The van der Waals surface area contributed by atoms with E-state index in [0.29, 0.717) is 18.6 Å². The number of ether oxygens (including phenoxy) is 2. The van der Waals surface area contributed by atoms with Crippen molar-refractivity contribution >= 4 is 5.97 Å². The van der Waals surface area contributed by atoms with Crippen molar-refractivity contribution in [3.8, 4) is 11.5 Å². The molecule has 1 aromatic rings. The lowest BCUT2D eigenvalue weighted by molar-refractivity contribution is -0.143. The van der Waals surface area contributed by atoms with Crippen LogP contribution in [0, 0.1) is 0 Å². The van der Waals surface area contributed by atoms with Crippen LogP contribution in [0.25, 0.3) is 0 Å². The van der Waals surface area contributed by atoms with E-state index in [1.807, 2.05) is 12.1 Å². The minimum atomic E-state index is -0.818. The van der Waals surface area contributed by atoms with Crippen LogP contribution in [0.3, 0.4) is 0 Å². The summed E-state index contributed by atoms with van der Waals surface area (Å²) in [6, 6.07) is 3.74. The second-order valence-corrected chi connectivity index (χ2v) is 6.01. The molecule has 0 heterocycles. The second kappa shape index (κ2) is 5.96. The average Bonchev–Trinajstić information content (AvgIpc) is 2.96. The van der Waals surface area contributed by atoms with E-state index < -0.39 is 11.4 Å². The molecule has 1 fully saturated rings. The van der Waals surface area contributed by atoms with E-state index in [1.165, 1.54) is 0 Å². The van der Waals surface area contributed by atoms with Crippen LogP contribution in [0.1, 0.15) is 56.6 Å². The molecule has 0 amide bonds. The highest BCUT2D eigenvalue weighted by molar-refractivity contribution is 5.83. The normalized spacial score (nSPS) is 17.0. The summed E-state index contributed by atoms with van der Waals surface area (Å²) >= 11 is 0. The fourth-order valence-corrected chi connectivity index (χ4v) is 3.48. The number of rotatable bonds is 5. The van der Waals surface area contributed by atoms with Crippen LogP contribution >= 0.6 is 0 Å². The fraction of sp³-hybridized carbons (Fsp3) is 0.588. The molecule has 1 saturated carbocycles. The Bertz CT molecular complexity index is 528. The lowest BCUT2D eigenvalue weighted by Crippen LogP contribution is -2.33. The van der Waals surface area contributed by atoms with Gasteiger partial charge >= 0.3 is 5.97 Å². The summed E-state index contributed by atoms with van der Waals surface area (Å²) in [5.74, 6) is 0.873. The van der Waals surface area contributed by atoms with Gasteiger partial charge in [0.25, 0.3) is 0 Å². The zero-order chi connectivity index (χ0) is 15.6. The van der Waals surface area contributed by atoms with Crippen LogP contribution in [0.15, 0.2) is 12.1 Å². The van der Waals surface area contributed by atoms with E-state index in [2.05, 4.69) is 13.8 Å². The fourth-order valence-electron chi connectivity index (χ4n) is 3.48. The van der Waals surface area contributed by atoms with Crippen molar-refractivity contribution in [1.29, 1.82) is 0 Å². The Hall–Kier alpha value is -1.71. The average molecular weight is 292 g/mol. The predicted octanol–water partition coefficient (Wildman–Crippen LogP) is 3.72. The van der Waals surface area contributed by atoms with Crippen LogP contribution in [0.5, 0.6) is 11.5 Å². The van der Waals surface area contributed by atoms with Gasteiger partial charge in [0.2, 0.25) is 0 Å². The molecular formula is C17H24O4. The monoisotopic (exact) mass is 292 g/mol. The first kappa shape index (κ1) is 15.7. The molecule has 0 atom stereocenters. The Balaban J connectivity index is 2.69. The molecule has 0 unspecified atom stereocenters. The molecule has 21 heavy (non-hydrogen) atoms. The maximum atomic E-state index is 11.9. The third-order valence-electron chi connectivity index (χ3n) is 4.54. The van der Waals surface area contributed by atoms with Gasteiger partial charge in [0, 0.05) is 11.1 Å². The van der Waals surface area contributed by atoms with Crippen LogP contribution in [0.4, 0.5) is 0 Å². The van der Waals surface area contributed by atoms with Crippen molar-refractivity contribution in [2.45, 2.75) is 50.9 Å². The SMILES string of the molecule is COc1ccc(C2(C(=O)O)CCCC2)c(OC)c1C(C)C. The van der Waals surface area contributed by atoms with Gasteiger partial charge < -0.3 is 14.6 Å². The molecule has 0 saturated heterocycles. The first-order valence-corrected chi connectivity index (χ1v) is 7.46. The number of carboxylic acids is 1. The Kier molecular flexibility index (Phi) is 4.45. The number of benzene rings is 1. The number of aliphatic carboxylic acids is 1. The third-order valence-corrected chi connectivity index (χ3v) is 4.54. The van der Waals surface area contributed by atoms with Crippen molar-refractivity contribution in [3.05, 3.63) is 23.3 Å². The molecule has 1 N–H and O–H groups in total. The molecule has 2 rings (SSSR count). The predicted molar refractivity (Wildman–Crippen MR) is 81.4 cm³/mol. The number of carbonyl (C=O) groups is 1. The highest BCUT2D eigenvalue weighted by atomic mass is 16.5. The number of hydrogen-bond donors (Lipinski definition) is 1. The highest BCUT2D eigenvalue weighted by Crippen LogP contribution is 2.49. The Morgan fingerprint density at radius 2 is 1.81 bits per heavy atom. The molecule has 4 nitrogen and oxygen atoms in total. The summed E-state index contributed by atoms with van der Waals surface area (Å²) in [5.41, 5.74) is 0.922. The van der Waals surface area contributed by atoms with Crippen molar-refractivity contribution < 1.29 is 19.4 Å². The molecule has 0 radical (unpaired) electrons. The minimum absolute atomic E-state index is 0.196.